The SMILES string of the molecule is CC[C@]1(C(=O)O)CCCN(C(=O)Cn2c(C3CC3)nc3ccccc32)C1. The van der Waals surface area contributed by atoms with Crippen LogP contribution in [-0.4, -0.2) is 44.5 Å². The lowest BCUT2D eigenvalue weighted by atomic mass is 9.77. The van der Waals surface area contributed by atoms with Crippen molar-refractivity contribution in [1.82, 2.24) is 14.5 Å². The number of carboxylic acid groups (broad SMARTS) is 1. The van der Waals surface area contributed by atoms with E-state index < -0.39 is 11.4 Å². The molecule has 2 aromatic rings. The molecule has 1 saturated heterocycles. The number of carbonyl (C=O) groups is 2. The minimum Gasteiger partial charge on any atom is -0.481 e. The van der Waals surface area contributed by atoms with Crippen molar-refractivity contribution in [1.29, 1.82) is 0 Å². The molecule has 1 aromatic heterocycles. The average Bonchev–Trinajstić information content (AvgIpc) is 3.44. The van der Waals surface area contributed by atoms with Gasteiger partial charge in [-0.15, -0.1) is 0 Å². The number of hydrogen-bond acceptors (Lipinski definition) is 3. The van der Waals surface area contributed by atoms with Gasteiger partial charge in [-0.1, -0.05) is 19.1 Å². The molecule has 0 radical (unpaired) electrons. The van der Waals surface area contributed by atoms with Gasteiger partial charge in [0.1, 0.15) is 12.4 Å². The van der Waals surface area contributed by atoms with E-state index in [1.807, 2.05) is 35.8 Å². The molecule has 1 aliphatic heterocycles. The maximum atomic E-state index is 13.0. The van der Waals surface area contributed by atoms with E-state index in [1.165, 1.54) is 0 Å². The average molecular weight is 355 g/mol. The smallest absolute Gasteiger partial charge is 0.311 e. The zero-order valence-electron chi connectivity index (χ0n) is 15.1. The Kier molecular flexibility index (Phi) is 4.21. The van der Waals surface area contributed by atoms with Gasteiger partial charge < -0.3 is 14.6 Å². The fraction of sp³-hybridized carbons (Fsp3) is 0.550. The van der Waals surface area contributed by atoms with Gasteiger partial charge in [-0.3, -0.25) is 9.59 Å². The van der Waals surface area contributed by atoms with Crippen molar-refractivity contribution in [3.05, 3.63) is 30.1 Å². The molecule has 6 heteroatoms. The molecule has 2 heterocycles. The van der Waals surface area contributed by atoms with Crippen molar-refractivity contribution >= 4 is 22.9 Å². The van der Waals surface area contributed by atoms with Gasteiger partial charge >= 0.3 is 5.97 Å². The lowest BCUT2D eigenvalue weighted by molar-refractivity contribution is -0.155. The van der Waals surface area contributed by atoms with Crippen molar-refractivity contribution in [2.75, 3.05) is 13.1 Å². The number of aromatic nitrogens is 2. The summed E-state index contributed by atoms with van der Waals surface area (Å²) in [4.78, 5) is 31.3. The van der Waals surface area contributed by atoms with Crippen molar-refractivity contribution in [2.45, 2.75) is 51.5 Å². The van der Waals surface area contributed by atoms with Crippen LogP contribution < -0.4 is 0 Å². The monoisotopic (exact) mass is 355 g/mol. The summed E-state index contributed by atoms with van der Waals surface area (Å²) in [5.41, 5.74) is 1.11. The van der Waals surface area contributed by atoms with Crippen molar-refractivity contribution in [3.8, 4) is 0 Å². The first-order valence-corrected chi connectivity index (χ1v) is 9.50. The third kappa shape index (κ3) is 2.87. The van der Waals surface area contributed by atoms with Gasteiger partial charge in [0, 0.05) is 19.0 Å². The third-order valence-corrected chi connectivity index (χ3v) is 5.98. The minimum atomic E-state index is -0.801. The minimum absolute atomic E-state index is 0.00571. The van der Waals surface area contributed by atoms with Crippen LogP contribution in [-0.2, 0) is 16.1 Å². The van der Waals surface area contributed by atoms with Crippen LogP contribution in [0.5, 0.6) is 0 Å². The van der Waals surface area contributed by atoms with E-state index in [4.69, 9.17) is 4.98 Å². The highest BCUT2D eigenvalue weighted by molar-refractivity contribution is 5.82. The molecule has 0 spiro atoms. The van der Waals surface area contributed by atoms with Crippen LogP contribution >= 0.6 is 0 Å². The Hall–Kier alpha value is -2.37. The zero-order chi connectivity index (χ0) is 18.3. The molecule has 1 aromatic carbocycles. The number of fused-ring (bicyclic) bond motifs is 1. The number of piperidine rings is 1. The topological polar surface area (TPSA) is 75.4 Å². The Morgan fingerprint density at radius 1 is 1.31 bits per heavy atom. The Morgan fingerprint density at radius 3 is 2.77 bits per heavy atom. The summed E-state index contributed by atoms with van der Waals surface area (Å²) in [5.74, 6) is 0.653. The second-order valence-corrected chi connectivity index (χ2v) is 7.68. The van der Waals surface area contributed by atoms with E-state index >= 15 is 0 Å². The fourth-order valence-corrected chi connectivity index (χ4v) is 4.11. The van der Waals surface area contributed by atoms with Gasteiger partial charge in [0.2, 0.25) is 5.91 Å². The summed E-state index contributed by atoms with van der Waals surface area (Å²) in [6.07, 6.45) is 4.18. The molecular formula is C20H25N3O3. The Balaban J connectivity index is 1.59. The van der Waals surface area contributed by atoms with E-state index in [-0.39, 0.29) is 12.5 Å². The molecule has 138 valence electrons. The molecule has 2 aliphatic rings. The van der Waals surface area contributed by atoms with Crippen molar-refractivity contribution < 1.29 is 14.7 Å². The molecule has 26 heavy (non-hydrogen) atoms. The summed E-state index contributed by atoms with van der Waals surface area (Å²) < 4.78 is 2.04. The number of nitrogens with zero attached hydrogens (tertiary/aromatic N) is 3. The van der Waals surface area contributed by atoms with Gasteiger partial charge in [-0.05, 0) is 44.2 Å². The number of hydrogen-bond donors (Lipinski definition) is 1. The first-order chi connectivity index (χ1) is 12.5. The second-order valence-electron chi connectivity index (χ2n) is 7.68. The van der Waals surface area contributed by atoms with Crippen molar-refractivity contribution in [2.24, 2.45) is 5.41 Å². The number of amides is 1. The summed E-state index contributed by atoms with van der Waals surface area (Å²) in [5, 5.41) is 9.66. The molecule has 4 rings (SSSR count). The van der Waals surface area contributed by atoms with E-state index in [2.05, 4.69) is 0 Å². The first kappa shape index (κ1) is 17.1. The Labute approximate surface area is 152 Å². The largest absolute Gasteiger partial charge is 0.481 e. The highest BCUT2D eigenvalue weighted by Gasteiger charge is 2.42. The number of para-hydroxylation sites is 2. The van der Waals surface area contributed by atoms with Crippen LogP contribution in [0.2, 0.25) is 0 Å². The fourth-order valence-electron chi connectivity index (χ4n) is 4.11. The molecule has 0 bridgehead atoms. The number of rotatable bonds is 5. The summed E-state index contributed by atoms with van der Waals surface area (Å²) in [7, 11) is 0. The summed E-state index contributed by atoms with van der Waals surface area (Å²) in [6, 6.07) is 7.92. The first-order valence-electron chi connectivity index (χ1n) is 9.50. The van der Waals surface area contributed by atoms with Crippen LogP contribution in [0.1, 0.15) is 50.8 Å². The quantitative estimate of drug-likeness (QED) is 0.894. The van der Waals surface area contributed by atoms with Gasteiger partial charge in [-0.2, -0.15) is 0 Å². The highest BCUT2D eigenvalue weighted by atomic mass is 16.4. The molecule has 1 saturated carbocycles. The molecule has 1 amide bonds. The molecule has 1 atom stereocenters. The number of likely N-dealkylation sites (tertiary alicyclic amines) is 1. The lowest BCUT2D eigenvalue weighted by Crippen LogP contribution is -2.50. The predicted octanol–water partition coefficient (Wildman–Crippen LogP) is 3.02. The number of carbonyl (C=O) groups excluding carboxylic acids is 1. The van der Waals surface area contributed by atoms with E-state index in [0.29, 0.717) is 31.8 Å². The number of benzene rings is 1. The molecule has 2 fully saturated rings. The Bertz CT molecular complexity index is 855. The standard InChI is InChI=1S/C20H25N3O3/c1-2-20(19(25)26)10-5-11-22(13-20)17(24)12-23-16-7-4-3-6-15(16)21-18(23)14-8-9-14/h3-4,6-7,14H,2,5,8-13H2,1H3,(H,25,26)/t20-/m0/s1. The predicted molar refractivity (Wildman–Crippen MR) is 97.9 cm³/mol. The van der Waals surface area contributed by atoms with Gasteiger partial charge in [0.05, 0.1) is 16.4 Å². The summed E-state index contributed by atoms with van der Waals surface area (Å²) >= 11 is 0. The van der Waals surface area contributed by atoms with Gasteiger partial charge in [-0.25, -0.2) is 4.98 Å². The van der Waals surface area contributed by atoms with Crippen LogP contribution in [0, 0.1) is 5.41 Å². The second kappa shape index (κ2) is 6.41. The summed E-state index contributed by atoms with van der Waals surface area (Å²) in [6.45, 7) is 3.09. The van der Waals surface area contributed by atoms with Crippen LogP contribution in [0.15, 0.2) is 24.3 Å². The highest BCUT2D eigenvalue weighted by Crippen LogP contribution is 2.41. The third-order valence-electron chi connectivity index (χ3n) is 5.98. The molecule has 1 aliphatic carbocycles. The van der Waals surface area contributed by atoms with Crippen molar-refractivity contribution in [3.63, 3.8) is 0 Å². The van der Waals surface area contributed by atoms with Crippen LogP contribution in [0.25, 0.3) is 11.0 Å². The van der Waals surface area contributed by atoms with Crippen LogP contribution in [0.3, 0.4) is 0 Å². The molecular weight excluding hydrogens is 330 g/mol. The lowest BCUT2D eigenvalue weighted by Gasteiger charge is -2.39. The normalized spacial score (nSPS) is 23.3. The maximum Gasteiger partial charge on any atom is 0.311 e. The zero-order valence-corrected chi connectivity index (χ0v) is 15.1. The van der Waals surface area contributed by atoms with Gasteiger partial charge in [0.15, 0.2) is 0 Å². The van der Waals surface area contributed by atoms with E-state index in [1.54, 1.807) is 4.90 Å². The number of imidazole rings is 1. The molecule has 1 N–H and O–H groups in total. The maximum absolute atomic E-state index is 13.0. The van der Waals surface area contributed by atoms with E-state index in [9.17, 15) is 14.7 Å². The number of carboxylic acids is 1. The van der Waals surface area contributed by atoms with Crippen LogP contribution in [0.4, 0.5) is 0 Å². The van der Waals surface area contributed by atoms with E-state index in [0.717, 1.165) is 36.1 Å². The molecule has 6 nitrogen and oxygen atoms in total. The Morgan fingerprint density at radius 2 is 2.08 bits per heavy atom. The van der Waals surface area contributed by atoms with Gasteiger partial charge in [0.25, 0.3) is 0 Å². The molecule has 0 unspecified atom stereocenters. The number of aliphatic carboxylic acids is 1.